The fourth-order valence-electron chi connectivity index (χ4n) is 2.97. The van der Waals surface area contributed by atoms with E-state index in [0.29, 0.717) is 23.1 Å². The van der Waals surface area contributed by atoms with Crippen molar-refractivity contribution in [2.75, 3.05) is 6.61 Å². The molecule has 0 aromatic heterocycles. The van der Waals surface area contributed by atoms with E-state index in [1.165, 1.54) is 10.5 Å². The summed E-state index contributed by atoms with van der Waals surface area (Å²) in [6.45, 7) is 3.73. The lowest BCUT2D eigenvalue weighted by Crippen LogP contribution is -2.23. The molecular weight excluding hydrogens is 527 g/mol. The number of carboxylic acids is 1. The molecule has 31 heavy (non-hydrogen) atoms. The molecule has 0 aliphatic carbocycles. The zero-order chi connectivity index (χ0) is 22.4. The first-order valence-electron chi connectivity index (χ1n) is 9.68. The Morgan fingerprint density at radius 3 is 2.26 bits per heavy atom. The van der Waals surface area contributed by atoms with Crippen molar-refractivity contribution in [3.05, 3.63) is 98.1 Å². The maximum absolute atomic E-state index is 11.0. The van der Waals surface area contributed by atoms with Gasteiger partial charge in [-0.05, 0) is 107 Å². The molecule has 6 heteroatoms. The molecule has 0 aliphatic heterocycles. The van der Waals surface area contributed by atoms with Crippen LogP contribution in [0.25, 0.3) is 5.57 Å². The van der Waals surface area contributed by atoms with Crippen molar-refractivity contribution in [1.29, 1.82) is 0 Å². The van der Waals surface area contributed by atoms with Gasteiger partial charge in [0.15, 0.2) is 6.10 Å². The Bertz CT molecular complexity index is 1030. The van der Waals surface area contributed by atoms with E-state index in [1.807, 2.05) is 43.3 Å². The average molecular weight is 549 g/mol. The molecule has 3 rings (SSSR count). The molecular formula is C25H22ClIO4. The van der Waals surface area contributed by atoms with E-state index in [9.17, 15) is 4.79 Å². The first-order valence-corrected chi connectivity index (χ1v) is 11.1. The van der Waals surface area contributed by atoms with Crippen LogP contribution < -0.4 is 9.47 Å². The minimum Gasteiger partial charge on any atom is -0.489 e. The third-order valence-corrected chi connectivity index (χ3v) is 5.62. The molecule has 0 spiro atoms. The van der Waals surface area contributed by atoms with Gasteiger partial charge in [0, 0.05) is 8.59 Å². The maximum Gasteiger partial charge on any atom is 0.344 e. The molecule has 3 aromatic carbocycles. The molecule has 0 heterocycles. The van der Waals surface area contributed by atoms with Crippen LogP contribution in [-0.2, 0) is 4.79 Å². The fourth-order valence-corrected chi connectivity index (χ4v) is 3.45. The predicted octanol–water partition coefficient (Wildman–Crippen LogP) is 6.62. The number of hydrogen-bond donors (Lipinski definition) is 1. The van der Waals surface area contributed by atoms with Crippen LogP contribution in [0.2, 0.25) is 5.02 Å². The summed E-state index contributed by atoms with van der Waals surface area (Å²) in [7, 11) is 0. The zero-order valence-corrected chi connectivity index (χ0v) is 20.1. The second-order valence-corrected chi connectivity index (χ2v) is 8.65. The highest BCUT2D eigenvalue weighted by Gasteiger charge is 2.14. The van der Waals surface area contributed by atoms with Gasteiger partial charge in [0.1, 0.15) is 18.1 Å². The van der Waals surface area contributed by atoms with E-state index in [-0.39, 0.29) is 0 Å². The molecule has 0 saturated heterocycles. The Balaban J connectivity index is 1.78. The molecule has 0 bridgehead atoms. The summed E-state index contributed by atoms with van der Waals surface area (Å²) >= 11 is 8.34. The molecule has 0 radical (unpaired) electrons. The van der Waals surface area contributed by atoms with Gasteiger partial charge in [0.2, 0.25) is 0 Å². The Morgan fingerprint density at radius 2 is 1.68 bits per heavy atom. The Kier molecular flexibility index (Phi) is 7.98. The minimum absolute atomic E-state index is 0.370. The lowest BCUT2D eigenvalue weighted by Gasteiger charge is -2.14. The maximum atomic E-state index is 11.0. The normalized spacial score (nSPS) is 12.3. The van der Waals surface area contributed by atoms with Crippen LogP contribution in [-0.4, -0.2) is 23.8 Å². The van der Waals surface area contributed by atoms with E-state index in [1.54, 1.807) is 12.1 Å². The van der Waals surface area contributed by atoms with Crippen LogP contribution >= 0.6 is 34.2 Å². The first-order chi connectivity index (χ1) is 14.8. The van der Waals surface area contributed by atoms with Gasteiger partial charge < -0.3 is 14.6 Å². The van der Waals surface area contributed by atoms with Gasteiger partial charge >= 0.3 is 5.97 Å². The number of rotatable bonds is 8. The lowest BCUT2D eigenvalue weighted by molar-refractivity contribution is -0.144. The summed E-state index contributed by atoms with van der Waals surface area (Å²) in [5, 5.41) is 9.70. The van der Waals surface area contributed by atoms with Crippen molar-refractivity contribution in [3.8, 4) is 11.5 Å². The first kappa shape index (κ1) is 23.2. The molecule has 1 unspecified atom stereocenters. The summed E-state index contributed by atoms with van der Waals surface area (Å²) < 4.78 is 12.6. The van der Waals surface area contributed by atoms with E-state index < -0.39 is 12.1 Å². The Morgan fingerprint density at radius 1 is 1.06 bits per heavy atom. The standard InChI is InChI=1S/C25H22ClIO4/c1-16-15-22(11-12-24(16)31-17(2)25(28)29)30-14-13-23(18-3-7-20(26)8-4-18)19-5-9-21(27)10-6-19/h3-13,15,17H,14H2,1-2H3,(H,28,29)/b23-13+. The Labute approximate surface area is 200 Å². The molecule has 4 nitrogen and oxygen atoms in total. The summed E-state index contributed by atoms with van der Waals surface area (Å²) in [5.74, 6) is 0.205. The minimum atomic E-state index is -1.00. The number of carboxylic acid groups (broad SMARTS) is 1. The number of ether oxygens (including phenoxy) is 2. The highest BCUT2D eigenvalue weighted by molar-refractivity contribution is 14.1. The lowest BCUT2D eigenvalue weighted by atomic mass is 9.98. The van der Waals surface area contributed by atoms with Gasteiger partial charge in [-0.15, -0.1) is 0 Å². The van der Waals surface area contributed by atoms with Crippen molar-refractivity contribution < 1.29 is 19.4 Å². The predicted molar refractivity (Wildman–Crippen MR) is 132 cm³/mol. The SMILES string of the molecule is Cc1cc(OC/C=C(\c2ccc(Cl)cc2)c2ccc(I)cc2)ccc1OC(C)C(=O)O. The topological polar surface area (TPSA) is 55.8 Å². The van der Waals surface area contributed by atoms with E-state index in [4.69, 9.17) is 26.2 Å². The van der Waals surface area contributed by atoms with Crippen molar-refractivity contribution >= 4 is 45.7 Å². The van der Waals surface area contributed by atoms with Crippen LogP contribution in [0.4, 0.5) is 0 Å². The monoisotopic (exact) mass is 548 g/mol. The van der Waals surface area contributed by atoms with Crippen LogP contribution in [0.5, 0.6) is 11.5 Å². The molecule has 0 aliphatic rings. The second kappa shape index (κ2) is 10.7. The third kappa shape index (κ3) is 6.48. The number of benzene rings is 3. The van der Waals surface area contributed by atoms with Crippen molar-refractivity contribution in [1.82, 2.24) is 0 Å². The molecule has 0 amide bonds. The number of hydrogen-bond acceptors (Lipinski definition) is 3. The summed E-state index contributed by atoms with van der Waals surface area (Å²) in [4.78, 5) is 11.0. The second-order valence-electron chi connectivity index (χ2n) is 6.97. The molecule has 1 N–H and O–H groups in total. The molecule has 160 valence electrons. The van der Waals surface area contributed by atoms with Gasteiger partial charge in [-0.1, -0.05) is 35.9 Å². The van der Waals surface area contributed by atoms with Crippen LogP contribution in [0.15, 0.2) is 72.8 Å². The van der Waals surface area contributed by atoms with Crippen LogP contribution in [0, 0.1) is 10.5 Å². The third-order valence-electron chi connectivity index (χ3n) is 4.65. The highest BCUT2D eigenvalue weighted by Crippen LogP contribution is 2.27. The largest absolute Gasteiger partial charge is 0.489 e. The van der Waals surface area contributed by atoms with Gasteiger partial charge in [-0.25, -0.2) is 4.79 Å². The van der Waals surface area contributed by atoms with Gasteiger partial charge in [-0.3, -0.25) is 0 Å². The van der Waals surface area contributed by atoms with Gasteiger partial charge in [0.25, 0.3) is 0 Å². The number of halogens is 2. The fraction of sp³-hybridized carbons (Fsp3) is 0.160. The van der Waals surface area contributed by atoms with Crippen LogP contribution in [0.1, 0.15) is 23.6 Å². The molecule has 0 saturated carbocycles. The van der Waals surface area contributed by atoms with E-state index in [2.05, 4.69) is 46.9 Å². The Hall–Kier alpha value is -2.51. The number of carbonyl (C=O) groups is 1. The van der Waals surface area contributed by atoms with Crippen LogP contribution in [0.3, 0.4) is 0 Å². The van der Waals surface area contributed by atoms with Crippen molar-refractivity contribution in [2.45, 2.75) is 20.0 Å². The molecule has 0 fully saturated rings. The van der Waals surface area contributed by atoms with Crippen molar-refractivity contribution in [3.63, 3.8) is 0 Å². The smallest absolute Gasteiger partial charge is 0.344 e. The van der Waals surface area contributed by atoms with E-state index in [0.717, 1.165) is 22.3 Å². The quantitative estimate of drug-likeness (QED) is 0.322. The van der Waals surface area contributed by atoms with Gasteiger partial charge in [-0.2, -0.15) is 0 Å². The van der Waals surface area contributed by atoms with Gasteiger partial charge in [0.05, 0.1) is 0 Å². The number of aryl methyl sites for hydroxylation is 1. The highest BCUT2D eigenvalue weighted by atomic mass is 127. The summed E-state index contributed by atoms with van der Waals surface area (Å²) in [6, 6.07) is 21.4. The van der Waals surface area contributed by atoms with Crippen molar-refractivity contribution in [2.24, 2.45) is 0 Å². The summed E-state index contributed by atoms with van der Waals surface area (Å²) in [5.41, 5.74) is 4.01. The zero-order valence-electron chi connectivity index (χ0n) is 17.1. The molecule has 3 aromatic rings. The van der Waals surface area contributed by atoms with E-state index >= 15 is 0 Å². The molecule has 1 atom stereocenters. The average Bonchev–Trinajstić information content (AvgIpc) is 2.74. The summed E-state index contributed by atoms with van der Waals surface area (Å²) in [6.07, 6.45) is 1.13. The number of aliphatic carboxylic acids is 1.